The molecule has 1 unspecified atom stereocenters. The van der Waals surface area contributed by atoms with Crippen LogP contribution in [-0.4, -0.2) is 37.0 Å². The number of carbonyl (C=O) groups excluding carboxylic acids is 1. The van der Waals surface area contributed by atoms with Gasteiger partial charge in [0.05, 0.1) is 5.92 Å². The summed E-state index contributed by atoms with van der Waals surface area (Å²) in [5.41, 5.74) is 5.29. The van der Waals surface area contributed by atoms with Crippen LogP contribution in [0.2, 0.25) is 0 Å². The Balaban J connectivity index is 1.72. The summed E-state index contributed by atoms with van der Waals surface area (Å²) in [4.78, 5) is 13.3. The van der Waals surface area contributed by atoms with E-state index in [1.165, 1.54) is 0 Å². The molecule has 5 heteroatoms. The predicted molar refractivity (Wildman–Crippen MR) is 73.4 cm³/mol. The molecular weight excluding hydrogens is 296 g/mol. The van der Waals surface area contributed by atoms with Gasteiger partial charge in [-0.05, 0) is 31.2 Å². The third kappa shape index (κ3) is 3.71. The van der Waals surface area contributed by atoms with Crippen molar-refractivity contribution in [1.29, 1.82) is 0 Å². The summed E-state index contributed by atoms with van der Waals surface area (Å²) in [6, 6.07) is 7.78. The van der Waals surface area contributed by atoms with E-state index in [-0.39, 0.29) is 11.8 Å². The number of benzene rings is 1. The number of rotatable bonds is 5. The molecular formula is C13H17BrN2O2. The second-order valence-corrected chi connectivity index (χ2v) is 5.41. The minimum atomic E-state index is -0.189. The summed E-state index contributed by atoms with van der Waals surface area (Å²) in [6.07, 6.45) is 0.867. The molecule has 2 N–H and O–H groups in total. The van der Waals surface area contributed by atoms with Gasteiger partial charge >= 0.3 is 0 Å². The SMILES string of the molecule is NC(=O)C1CCN(CCOc2cccc(Br)c2)C1. The van der Waals surface area contributed by atoms with Crippen LogP contribution in [0.4, 0.5) is 0 Å². The zero-order chi connectivity index (χ0) is 13.0. The fraction of sp³-hybridized carbons (Fsp3) is 0.462. The van der Waals surface area contributed by atoms with Gasteiger partial charge in [0.15, 0.2) is 0 Å². The Labute approximate surface area is 115 Å². The van der Waals surface area contributed by atoms with E-state index in [9.17, 15) is 4.79 Å². The summed E-state index contributed by atoms with van der Waals surface area (Å²) < 4.78 is 6.67. The van der Waals surface area contributed by atoms with Crippen LogP contribution in [0.1, 0.15) is 6.42 Å². The monoisotopic (exact) mass is 312 g/mol. The van der Waals surface area contributed by atoms with E-state index in [4.69, 9.17) is 10.5 Å². The number of carbonyl (C=O) groups is 1. The molecule has 4 nitrogen and oxygen atoms in total. The summed E-state index contributed by atoms with van der Waals surface area (Å²) in [5.74, 6) is 0.677. The van der Waals surface area contributed by atoms with E-state index in [2.05, 4.69) is 20.8 Å². The first-order valence-corrected chi connectivity index (χ1v) is 6.84. The van der Waals surface area contributed by atoms with Gasteiger partial charge < -0.3 is 10.5 Å². The molecule has 98 valence electrons. The number of likely N-dealkylation sites (tertiary alicyclic amines) is 1. The van der Waals surface area contributed by atoms with Crippen molar-refractivity contribution in [3.05, 3.63) is 28.7 Å². The molecule has 0 radical (unpaired) electrons. The van der Waals surface area contributed by atoms with E-state index in [0.717, 1.165) is 36.3 Å². The van der Waals surface area contributed by atoms with Crippen LogP contribution in [0.5, 0.6) is 5.75 Å². The first-order valence-electron chi connectivity index (χ1n) is 6.05. The molecule has 0 saturated carbocycles. The number of amides is 1. The van der Waals surface area contributed by atoms with Crippen molar-refractivity contribution in [2.24, 2.45) is 11.7 Å². The minimum Gasteiger partial charge on any atom is -0.492 e. The Kier molecular flexibility index (Phi) is 4.60. The molecule has 1 heterocycles. The number of primary amides is 1. The zero-order valence-electron chi connectivity index (χ0n) is 10.1. The van der Waals surface area contributed by atoms with Gasteiger partial charge in [-0.2, -0.15) is 0 Å². The van der Waals surface area contributed by atoms with E-state index in [1.54, 1.807) is 0 Å². The maximum Gasteiger partial charge on any atom is 0.221 e. The molecule has 18 heavy (non-hydrogen) atoms. The third-order valence-electron chi connectivity index (χ3n) is 3.15. The average molecular weight is 313 g/mol. The van der Waals surface area contributed by atoms with Crippen LogP contribution in [0.3, 0.4) is 0 Å². The number of ether oxygens (including phenoxy) is 1. The Morgan fingerprint density at radius 3 is 3.06 bits per heavy atom. The molecule has 0 aliphatic carbocycles. The lowest BCUT2D eigenvalue weighted by atomic mass is 10.1. The highest BCUT2D eigenvalue weighted by Crippen LogP contribution is 2.18. The second-order valence-electron chi connectivity index (χ2n) is 4.49. The summed E-state index contributed by atoms with van der Waals surface area (Å²) in [6.45, 7) is 3.14. The van der Waals surface area contributed by atoms with Crippen molar-refractivity contribution in [2.75, 3.05) is 26.2 Å². The number of nitrogens with zero attached hydrogens (tertiary/aromatic N) is 1. The first kappa shape index (κ1) is 13.4. The van der Waals surface area contributed by atoms with Crippen LogP contribution < -0.4 is 10.5 Å². The summed E-state index contributed by atoms with van der Waals surface area (Å²) >= 11 is 3.40. The number of nitrogens with two attached hydrogens (primary N) is 1. The van der Waals surface area contributed by atoms with Crippen molar-refractivity contribution in [1.82, 2.24) is 4.90 Å². The van der Waals surface area contributed by atoms with Gasteiger partial charge in [-0.1, -0.05) is 22.0 Å². The average Bonchev–Trinajstić information content (AvgIpc) is 2.78. The van der Waals surface area contributed by atoms with E-state index < -0.39 is 0 Å². The lowest BCUT2D eigenvalue weighted by Gasteiger charge is -2.15. The van der Waals surface area contributed by atoms with E-state index in [0.29, 0.717) is 6.61 Å². The Morgan fingerprint density at radius 2 is 2.39 bits per heavy atom. The summed E-state index contributed by atoms with van der Waals surface area (Å²) in [5, 5.41) is 0. The molecule has 1 amide bonds. The lowest BCUT2D eigenvalue weighted by molar-refractivity contribution is -0.121. The van der Waals surface area contributed by atoms with E-state index in [1.807, 2.05) is 24.3 Å². The van der Waals surface area contributed by atoms with Gasteiger partial charge in [0.1, 0.15) is 12.4 Å². The molecule has 1 aromatic carbocycles. The van der Waals surface area contributed by atoms with Crippen LogP contribution in [0.15, 0.2) is 28.7 Å². The quantitative estimate of drug-likeness (QED) is 0.899. The molecule has 1 aromatic rings. The highest BCUT2D eigenvalue weighted by atomic mass is 79.9. The van der Waals surface area contributed by atoms with Crippen molar-refractivity contribution in [3.63, 3.8) is 0 Å². The molecule has 1 aliphatic heterocycles. The molecule has 1 fully saturated rings. The largest absolute Gasteiger partial charge is 0.492 e. The Hall–Kier alpha value is -1.07. The van der Waals surface area contributed by atoms with Crippen LogP contribution >= 0.6 is 15.9 Å². The van der Waals surface area contributed by atoms with Crippen LogP contribution in [0.25, 0.3) is 0 Å². The second kappa shape index (κ2) is 6.20. The van der Waals surface area contributed by atoms with Gasteiger partial charge in [-0.3, -0.25) is 9.69 Å². The molecule has 0 bridgehead atoms. The van der Waals surface area contributed by atoms with E-state index >= 15 is 0 Å². The fourth-order valence-electron chi connectivity index (χ4n) is 2.12. The van der Waals surface area contributed by atoms with Gasteiger partial charge in [0.2, 0.25) is 5.91 Å². The number of hydrogen-bond donors (Lipinski definition) is 1. The molecule has 2 rings (SSSR count). The first-order chi connectivity index (χ1) is 8.65. The van der Waals surface area contributed by atoms with Crippen molar-refractivity contribution < 1.29 is 9.53 Å². The standard InChI is InChI=1S/C13H17BrN2O2/c14-11-2-1-3-12(8-11)18-7-6-16-5-4-10(9-16)13(15)17/h1-3,8,10H,4-7,9H2,(H2,15,17). The van der Waals surface area contributed by atoms with Crippen molar-refractivity contribution in [2.45, 2.75) is 6.42 Å². The summed E-state index contributed by atoms with van der Waals surface area (Å²) in [7, 11) is 0. The van der Waals surface area contributed by atoms with Crippen molar-refractivity contribution >= 4 is 21.8 Å². The van der Waals surface area contributed by atoms with Crippen LogP contribution in [-0.2, 0) is 4.79 Å². The predicted octanol–water partition coefficient (Wildman–Crippen LogP) is 1.64. The molecule has 0 aromatic heterocycles. The van der Waals surface area contributed by atoms with Gasteiger partial charge in [-0.25, -0.2) is 0 Å². The van der Waals surface area contributed by atoms with Gasteiger partial charge in [0.25, 0.3) is 0 Å². The fourth-order valence-corrected chi connectivity index (χ4v) is 2.50. The number of halogens is 1. The topological polar surface area (TPSA) is 55.6 Å². The molecule has 1 atom stereocenters. The third-order valence-corrected chi connectivity index (χ3v) is 3.64. The maximum absolute atomic E-state index is 11.0. The highest BCUT2D eigenvalue weighted by molar-refractivity contribution is 9.10. The highest BCUT2D eigenvalue weighted by Gasteiger charge is 2.25. The maximum atomic E-state index is 11.0. The Bertz CT molecular complexity index is 425. The van der Waals surface area contributed by atoms with Gasteiger partial charge in [0, 0.05) is 17.6 Å². The number of hydrogen-bond acceptors (Lipinski definition) is 3. The lowest BCUT2D eigenvalue weighted by Crippen LogP contribution is -2.30. The molecule has 1 aliphatic rings. The normalized spacial score (nSPS) is 19.9. The zero-order valence-corrected chi connectivity index (χ0v) is 11.7. The van der Waals surface area contributed by atoms with Crippen LogP contribution in [0, 0.1) is 5.92 Å². The van der Waals surface area contributed by atoms with Crippen molar-refractivity contribution in [3.8, 4) is 5.75 Å². The minimum absolute atomic E-state index is 0.0101. The Morgan fingerprint density at radius 1 is 1.56 bits per heavy atom. The molecule has 0 spiro atoms. The van der Waals surface area contributed by atoms with Gasteiger partial charge in [-0.15, -0.1) is 0 Å². The smallest absolute Gasteiger partial charge is 0.221 e. The molecule has 1 saturated heterocycles.